The summed E-state index contributed by atoms with van der Waals surface area (Å²) < 4.78 is 0. The van der Waals surface area contributed by atoms with Crippen LogP contribution in [0.1, 0.15) is 13.3 Å². The molecule has 0 aliphatic rings. The molecule has 6 atom stereocenters. The quantitative estimate of drug-likeness (QED) is 0.0218. The second-order valence-corrected chi connectivity index (χ2v) is 26.4. The van der Waals surface area contributed by atoms with Crippen molar-refractivity contribution >= 4 is 245 Å². The number of thiol groups is 11. The van der Waals surface area contributed by atoms with Gasteiger partial charge < -0.3 is 0 Å². The molecule has 20 heteroatoms. The third-order valence-electron chi connectivity index (χ3n) is 5.80. The molecule has 0 aliphatic carbocycles. The second-order valence-electron chi connectivity index (χ2n) is 10.3. The van der Waals surface area contributed by atoms with E-state index in [2.05, 4.69) is 169 Å². The van der Waals surface area contributed by atoms with E-state index in [1.807, 2.05) is 82.3 Å². The Morgan fingerprint density at radius 1 is 0.314 bits per heavy atom. The van der Waals surface area contributed by atoms with Gasteiger partial charge in [0.15, 0.2) is 0 Å². The van der Waals surface area contributed by atoms with Crippen LogP contribution in [0.25, 0.3) is 0 Å². The van der Waals surface area contributed by atoms with E-state index in [9.17, 15) is 0 Å². The molecule has 6 unspecified atom stereocenters. The van der Waals surface area contributed by atoms with E-state index in [0.717, 1.165) is 92.0 Å². The Kier molecular flexibility index (Phi) is 64.9. The molecule has 0 heterocycles. The monoisotopic (exact) mass is 1080 g/mol. The molecule has 0 aliphatic heterocycles. The third-order valence-corrected chi connectivity index (χ3v) is 25.3. The van der Waals surface area contributed by atoms with Crippen LogP contribution in [-0.2, 0) is 0 Å². The first kappa shape index (κ1) is 62.3. The average molecular weight is 1080 g/mol. The minimum Gasteiger partial charge on any atom is -0.179 e. The topological polar surface area (TPSA) is 0 Å². The van der Waals surface area contributed by atoms with Crippen molar-refractivity contribution in [2.45, 2.75) is 44.8 Å². The van der Waals surface area contributed by atoms with Gasteiger partial charge in [-0.2, -0.15) is 245 Å². The summed E-state index contributed by atoms with van der Waals surface area (Å²) in [5.74, 6) is 24.6. The van der Waals surface area contributed by atoms with Crippen molar-refractivity contribution in [1.82, 2.24) is 0 Å². The fourth-order valence-corrected chi connectivity index (χ4v) is 18.6. The summed E-state index contributed by atoms with van der Waals surface area (Å²) in [6.07, 6.45) is 1.27. The Labute approximate surface area is 416 Å². The van der Waals surface area contributed by atoms with Crippen LogP contribution in [0.4, 0.5) is 0 Å². The summed E-state index contributed by atoms with van der Waals surface area (Å²) in [4.78, 5) is 0. The van der Waals surface area contributed by atoms with Crippen LogP contribution in [0, 0.1) is 0 Å². The molecule has 0 radical (unpaired) electrons. The SMILES string of the molecule is CCCSCC(CS)SC(CS)CSCCS.SCCSC(CS)CSCC(CS)SCCS.SCCSCC(CS)SCC(CS)SCCS. The van der Waals surface area contributed by atoms with Crippen molar-refractivity contribution in [3.63, 3.8) is 0 Å². The van der Waals surface area contributed by atoms with Gasteiger partial charge in [0, 0.05) is 129 Å². The molecule has 0 fully saturated rings. The molecule has 51 heavy (non-hydrogen) atoms. The minimum absolute atomic E-state index is 0.646. The summed E-state index contributed by atoms with van der Waals surface area (Å²) in [6.45, 7) is 2.24. The van der Waals surface area contributed by atoms with Crippen molar-refractivity contribution in [2.24, 2.45) is 0 Å². The Morgan fingerprint density at radius 2 is 0.608 bits per heavy atom. The van der Waals surface area contributed by atoms with Crippen LogP contribution in [0.5, 0.6) is 0 Å². The fourth-order valence-electron chi connectivity index (χ4n) is 3.31. The number of rotatable bonds is 36. The van der Waals surface area contributed by atoms with Gasteiger partial charge >= 0.3 is 0 Å². The highest BCUT2D eigenvalue weighted by molar-refractivity contribution is 8.07. The smallest absolute Gasteiger partial charge is 0.0229 e. The predicted octanol–water partition coefficient (Wildman–Crippen LogP) is 11.4. The van der Waals surface area contributed by atoms with Gasteiger partial charge in [-0.25, -0.2) is 0 Å². The highest BCUT2D eigenvalue weighted by Gasteiger charge is 2.16. The van der Waals surface area contributed by atoms with Crippen molar-refractivity contribution < 1.29 is 0 Å². The van der Waals surface area contributed by atoms with E-state index < -0.39 is 0 Å². The summed E-state index contributed by atoms with van der Waals surface area (Å²) in [5.41, 5.74) is 0. The highest BCUT2D eigenvalue weighted by Crippen LogP contribution is 2.27. The maximum absolute atomic E-state index is 4.46. The van der Waals surface area contributed by atoms with Gasteiger partial charge in [0.2, 0.25) is 0 Å². The van der Waals surface area contributed by atoms with E-state index in [-0.39, 0.29) is 0 Å². The van der Waals surface area contributed by atoms with Crippen molar-refractivity contribution in [1.29, 1.82) is 0 Å². The van der Waals surface area contributed by atoms with Crippen LogP contribution in [0.2, 0.25) is 0 Å². The van der Waals surface area contributed by atoms with E-state index in [1.54, 1.807) is 0 Å². The largest absolute Gasteiger partial charge is 0.179 e. The Bertz CT molecular complexity index is 596. The molecule has 0 saturated heterocycles. The molecule has 0 aromatic carbocycles. The predicted molar refractivity (Wildman–Crippen MR) is 312 cm³/mol. The van der Waals surface area contributed by atoms with Gasteiger partial charge in [0.05, 0.1) is 0 Å². The van der Waals surface area contributed by atoms with Crippen molar-refractivity contribution in [2.75, 3.05) is 132 Å². The first-order valence-electron chi connectivity index (χ1n) is 17.0. The number of hydrogen-bond acceptors (Lipinski definition) is 20. The lowest BCUT2D eigenvalue weighted by atomic mass is 10.5. The molecule has 0 bridgehead atoms. The van der Waals surface area contributed by atoms with Gasteiger partial charge in [-0.3, -0.25) is 0 Å². The molecular weight excluding hydrogens is 1010 g/mol. The molecule has 0 amide bonds. The maximum atomic E-state index is 4.46. The first-order valence-corrected chi connectivity index (χ1v) is 33.7. The van der Waals surface area contributed by atoms with Gasteiger partial charge in [0.1, 0.15) is 0 Å². The molecule has 0 nitrogen and oxygen atoms in total. The molecule has 312 valence electrons. The van der Waals surface area contributed by atoms with Crippen molar-refractivity contribution in [3.8, 4) is 0 Å². The molecule has 0 aromatic rings. The van der Waals surface area contributed by atoms with Crippen LogP contribution < -0.4 is 0 Å². The molecule has 0 N–H and O–H groups in total. The second kappa shape index (κ2) is 53.1. The average Bonchev–Trinajstić information content (AvgIpc) is 3.16. The lowest BCUT2D eigenvalue weighted by Gasteiger charge is -2.20. The van der Waals surface area contributed by atoms with E-state index >= 15 is 0 Å². The standard InChI is InChI=1S/C11H24S6.2C10H22S7/c1-2-4-15-8-10(6-13)17-11(7-14)9-16-5-3-12;11-1-3-16-9(5-13)7-15-8-10(6-14)17-4-2-12;11-1-3-15-7-9(5-13)17-8-10(6-14)16-4-2-12/h10-14H,2-9H2,1H3;2*9-14H,1-8H2. The van der Waals surface area contributed by atoms with E-state index in [0.29, 0.717) is 31.5 Å². The molecular formula is C31H68S20. The summed E-state index contributed by atoms with van der Waals surface area (Å²) in [7, 11) is 0. The Morgan fingerprint density at radius 3 is 0.941 bits per heavy atom. The Hall–Kier alpha value is 7.00. The zero-order valence-corrected chi connectivity index (χ0v) is 47.2. The van der Waals surface area contributed by atoms with Crippen LogP contribution in [0.3, 0.4) is 0 Å². The van der Waals surface area contributed by atoms with E-state index in [4.69, 9.17) is 0 Å². The normalized spacial score (nSPS) is 14.8. The summed E-state index contributed by atoms with van der Waals surface area (Å²) >= 11 is 65.9. The first-order chi connectivity index (χ1) is 24.8. The van der Waals surface area contributed by atoms with Gasteiger partial charge in [0.25, 0.3) is 0 Å². The van der Waals surface area contributed by atoms with E-state index in [1.165, 1.54) is 46.7 Å². The summed E-state index contributed by atoms with van der Waals surface area (Å²) in [5, 5.41) is 3.94. The zero-order valence-electron chi connectivity index (χ0n) is 30.0. The van der Waals surface area contributed by atoms with Gasteiger partial charge in [-0.05, 0) is 40.9 Å². The van der Waals surface area contributed by atoms with Crippen LogP contribution in [0.15, 0.2) is 0 Å². The number of hydrogen-bond donors (Lipinski definition) is 11. The van der Waals surface area contributed by atoms with Crippen LogP contribution in [-0.4, -0.2) is 164 Å². The zero-order chi connectivity index (χ0) is 38.8. The highest BCUT2D eigenvalue weighted by atomic mass is 32.2. The number of thioether (sulfide) groups is 9. The lowest BCUT2D eigenvalue weighted by molar-refractivity contribution is 1.07. The minimum atomic E-state index is 0.646. The maximum Gasteiger partial charge on any atom is 0.0229 e. The molecule has 0 saturated carbocycles. The molecule has 0 spiro atoms. The summed E-state index contributed by atoms with van der Waals surface area (Å²) in [6, 6.07) is 0. The van der Waals surface area contributed by atoms with Crippen LogP contribution >= 0.6 is 245 Å². The molecule has 0 rings (SSSR count). The van der Waals surface area contributed by atoms with Gasteiger partial charge in [-0.1, -0.05) is 6.92 Å². The third kappa shape index (κ3) is 46.3. The Balaban J connectivity index is -0.000000678. The molecule has 0 aromatic heterocycles. The van der Waals surface area contributed by atoms with Crippen molar-refractivity contribution in [3.05, 3.63) is 0 Å². The van der Waals surface area contributed by atoms with Gasteiger partial charge in [-0.15, -0.1) is 0 Å². The lowest BCUT2D eigenvalue weighted by Crippen LogP contribution is -2.18. The fraction of sp³-hybridized carbons (Fsp3) is 1.00.